The van der Waals surface area contributed by atoms with Crippen LogP contribution >= 0.6 is 0 Å². The Labute approximate surface area is 192 Å². The molecule has 4 rings (SSSR count). The van der Waals surface area contributed by atoms with E-state index in [2.05, 4.69) is 14.8 Å². The van der Waals surface area contributed by atoms with Gasteiger partial charge in [-0.1, -0.05) is 0 Å². The van der Waals surface area contributed by atoms with Crippen molar-refractivity contribution in [2.45, 2.75) is 19.5 Å². The predicted molar refractivity (Wildman–Crippen MR) is 125 cm³/mol. The van der Waals surface area contributed by atoms with Gasteiger partial charge in [0.25, 0.3) is 5.56 Å². The van der Waals surface area contributed by atoms with Gasteiger partial charge in [-0.15, -0.1) is 0 Å². The first kappa shape index (κ1) is 22.9. The Morgan fingerprint density at radius 2 is 1.76 bits per heavy atom. The predicted octanol–water partition coefficient (Wildman–Crippen LogP) is 2.95. The maximum absolute atomic E-state index is 13.6. The number of hydrogen-bond donors (Lipinski definition) is 1. The van der Waals surface area contributed by atoms with Crippen LogP contribution in [0.2, 0.25) is 0 Å². The van der Waals surface area contributed by atoms with E-state index in [0.29, 0.717) is 37.5 Å². The molecule has 0 unspecified atom stereocenters. The lowest BCUT2D eigenvalue weighted by atomic mass is 9.96. The van der Waals surface area contributed by atoms with E-state index in [1.807, 2.05) is 19.1 Å². The zero-order valence-electron chi connectivity index (χ0n) is 18.9. The van der Waals surface area contributed by atoms with Gasteiger partial charge in [-0.25, -0.2) is 4.39 Å². The van der Waals surface area contributed by atoms with E-state index in [9.17, 15) is 14.3 Å². The number of aryl methyl sites for hydroxylation is 1. The molecule has 1 aliphatic heterocycles. The molecule has 0 amide bonds. The first-order chi connectivity index (χ1) is 16.0. The van der Waals surface area contributed by atoms with Gasteiger partial charge in [0.2, 0.25) is 0 Å². The molecule has 1 fully saturated rings. The van der Waals surface area contributed by atoms with Crippen LogP contribution in [0.1, 0.15) is 22.9 Å². The van der Waals surface area contributed by atoms with Gasteiger partial charge in [0.1, 0.15) is 11.6 Å². The molecule has 0 radical (unpaired) electrons. The standard InChI is InChI=1S/C25H29FN4O3/c1-18-17-22(31)23(25(32)30(18)15-16-33-2)24(19-7-9-27-10-8-19)29-13-11-28(12-14-29)21-5-3-20(26)4-6-21/h3-10,17,24,31H,11-16H2,1-2H3/t24-/m1/s1. The first-order valence-corrected chi connectivity index (χ1v) is 11.1. The summed E-state index contributed by atoms with van der Waals surface area (Å²) in [7, 11) is 1.60. The van der Waals surface area contributed by atoms with Crippen molar-refractivity contribution in [1.29, 1.82) is 0 Å². The normalized spacial score (nSPS) is 15.5. The molecule has 33 heavy (non-hydrogen) atoms. The molecule has 7 nitrogen and oxygen atoms in total. The fourth-order valence-corrected chi connectivity index (χ4v) is 4.48. The van der Waals surface area contributed by atoms with Gasteiger partial charge in [0, 0.05) is 63.6 Å². The van der Waals surface area contributed by atoms with Crippen molar-refractivity contribution in [1.82, 2.24) is 14.5 Å². The summed E-state index contributed by atoms with van der Waals surface area (Å²) in [6, 6.07) is 11.5. The summed E-state index contributed by atoms with van der Waals surface area (Å²) in [6.45, 7) is 5.42. The van der Waals surface area contributed by atoms with Crippen LogP contribution in [-0.2, 0) is 11.3 Å². The van der Waals surface area contributed by atoms with Gasteiger partial charge in [0.05, 0.1) is 18.2 Å². The summed E-state index contributed by atoms with van der Waals surface area (Å²) < 4.78 is 20.1. The van der Waals surface area contributed by atoms with E-state index in [1.54, 1.807) is 42.3 Å². The molecule has 1 N–H and O–H groups in total. The van der Waals surface area contributed by atoms with Crippen molar-refractivity contribution in [3.8, 4) is 5.75 Å². The summed E-state index contributed by atoms with van der Waals surface area (Å²) in [4.78, 5) is 22.1. The Hall–Kier alpha value is -3.23. The molecule has 3 heterocycles. The second-order valence-corrected chi connectivity index (χ2v) is 8.22. The Balaban J connectivity index is 1.68. The van der Waals surface area contributed by atoms with Crippen molar-refractivity contribution < 1.29 is 14.2 Å². The molecular weight excluding hydrogens is 423 g/mol. The average Bonchev–Trinajstić information content (AvgIpc) is 2.83. The number of nitrogens with zero attached hydrogens (tertiary/aromatic N) is 4. The highest BCUT2D eigenvalue weighted by Gasteiger charge is 2.31. The van der Waals surface area contributed by atoms with Crippen LogP contribution in [-0.4, -0.2) is 59.5 Å². The molecule has 0 aliphatic carbocycles. The van der Waals surface area contributed by atoms with Gasteiger partial charge in [-0.05, 0) is 55.0 Å². The van der Waals surface area contributed by atoms with Crippen LogP contribution in [0, 0.1) is 12.7 Å². The van der Waals surface area contributed by atoms with Gasteiger partial charge in [0.15, 0.2) is 0 Å². The summed E-state index contributed by atoms with van der Waals surface area (Å²) in [5.74, 6) is -0.260. The van der Waals surface area contributed by atoms with Crippen LogP contribution in [0.3, 0.4) is 0 Å². The topological polar surface area (TPSA) is 70.8 Å². The summed E-state index contributed by atoms with van der Waals surface area (Å²) in [5, 5.41) is 10.9. The number of ether oxygens (including phenoxy) is 1. The second-order valence-electron chi connectivity index (χ2n) is 8.22. The minimum Gasteiger partial charge on any atom is -0.507 e. The monoisotopic (exact) mass is 452 g/mol. The molecule has 174 valence electrons. The van der Waals surface area contributed by atoms with Crippen LogP contribution < -0.4 is 10.5 Å². The van der Waals surface area contributed by atoms with Crippen LogP contribution in [0.4, 0.5) is 10.1 Å². The minimum absolute atomic E-state index is 0.00561. The molecule has 0 spiro atoms. The molecule has 3 aromatic rings. The molecule has 0 bridgehead atoms. The number of halogens is 1. The molecule has 1 saturated heterocycles. The number of hydrogen-bond acceptors (Lipinski definition) is 6. The lowest BCUT2D eigenvalue weighted by Crippen LogP contribution is -2.49. The third kappa shape index (κ3) is 4.91. The van der Waals surface area contributed by atoms with E-state index >= 15 is 0 Å². The van der Waals surface area contributed by atoms with Gasteiger partial charge < -0.3 is 19.3 Å². The van der Waals surface area contributed by atoms with E-state index in [-0.39, 0.29) is 17.1 Å². The zero-order valence-corrected chi connectivity index (χ0v) is 18.9. The SMILES string of the molecule is COCCn1c(C)cc(O)c([C@@H](c2ccncc2)N2CCN(c3ccc(F)cc3)CC2)c1=O. The maximum atomic E-state index is 13.6. The van der Waals surface area contributed by atoms with Crippen LogP contribution in [0.25, 0.3) is 0 Å². The lowest BCUT2D eigenvalue weighted by molar-refractivity contribution is 0.183. The molecule has 1 atom stereocenters. The van der Waals surface area contributed by atoms with E-state index in [1.165, 1.54) is 12.1 Å². The van der Waals surface area contributed by atoms with Gasteiger partial charge in [-0.3, -0.25) is 14.7 Å². The van der Waals surface area contributed by atoms with Gasteiger partial charge >= 0.3 is 0 Å². The largest absolute Gasteiger partial charge is 0.507 e. The number of pyridine rings is 2. The first-order valence-electron chi connectivity index (χ1n) is 11.1. The number of anilines is 1. The number of aromatic nitrogens is 2. The number of piperazine rings is 1. The number of methoxy groups -OCH3 is 1. The Kier molecular flexibility index (Phi) is 7.05. The van der Waals surface area contributed by atoms with Crippen molar-refractivity contribution in [3.05, 3.63) is 87.9 Å². The summed E-state index contributed by atoms with van der Waals surface area (Å²) in [6.07, 6.45) is 3.40. The third-order valence-corrected chi connectivity index (χ3v) is 6.21. The Morgan fingerprint density at radius 1 is 1.09 bits per heavy atom. The van der Waals surface area contributed by atoms with Crippen LogP contribution in [0.5, 0.6) is 5.75 Å². The Morgan fingerprint density at radius 3 is 2.39 bits per heavy atom. The highest BCUT2D eigenvalue weighted by molar-refractivity contribution is 5.47. The summed E-state index contributed by atoms with van der Waals surface area (Å²) >= 11 is 0. The fraction of sp³-hybridized carbons (Fsp3) is 0.360. The van der Waals surface area contributed by atoms with Crippen molar-refractivity contribution >= 4 is 5.69 Å². The number of benzene rings is 1. The fourth-order valence-electron chi connectivity index (χ4n) is 4.48. The highest BCUT2D eigenvalue weighted by Crippen LogP contribution is 2.33. The second kappa shape index (κ2) is 10.1. The minimum atomic E-state index is -0.412. The van der Waals surface area contributed by atoms with Crippen LogP contribution in [0.15, 0.2) is 59.7 Å². The van der Waals surface area contributed by atoms with E-state index < -0.39 is 6.04 Å². The number of aromatic hydroxyl groups is 1. The Bertz CT molecular complexity index is 1130. The maximum Gasteiger partial charge on any atom is 0.259 e. The quantitative estimate of drug-likeness (QED) is 0.595. The molecule has 8 heteroatoms. The van der Waals surface area contributed by atoms with E-state index in [0.717, 1.165) is 24.3 Å². The van der Waals surface area contributed by atoms with Crippen molar-refractivity contribution in [3.63, 3.8) is 0 Å². The number of rotatable bonds is 7. The molecule has 1 aromatic carbocycles. The van der Waals surface area contributed by atoms with Gasteiger partial charge in [-0.2, -0.15) is 0 Å². The molecule has 1 aliphatic rings. The van der Waals surface area contributed by atoms with Crippen molar-refractivity contribution in [2.24, 2.45) is 0 Å². The zero-order chi connectivity index (χ0) is 23.4. The third-order valence-electron chi connectivity index (χ3n) is 6.21. The average molecular weight is 453 g/mol. The summed E-state index contributed by atoms with van der Waals surface area (Å²) in [5.41, 5.74) is 2.70. The lowest BCUT2D eigenvalue weighted by Gasteiger charge is -2.40. The molecule has 2 aromatic heterocycles. The smallest absolute Gasteiger partial charge is 0.259 e. The van der Waals surface area contributed by atoms with Crippen molar-refractivity contribution in [2.75, 3.05) is 44.8 Å². The highest BCUT2D eigenvalue weighted by atomic mass is 19.1. The molecule has 0 saturated carbocycles. The van der Waals surface area contributed by atoms with E-state index in [4.69, 9.17) is 4.74 Å². The molecular formula is C25H29FN4O3.